The van der Waals surface area contributed by atoms with Crippen molar-refractivity contribution < 1.29 is 0 Å². The Kier molecular flexibility index (Phi) is 9.20. The van der Waals surface area contributed by atoms with Gasteiger partial charge < -0.3 is 0 Å². The summed E-state index contributed by atoms with van der Waals surface area (Å²) in [5.74, 6) is 1.80. The normalized spacial score (nSPS) is 11.5. The van der Waals surface area contributed by atoms with Gasteiger partial charge in [-0.25, -0.2) is 19.8 Å². The van der Waals surface area contributed by atoms with E-state index in [2.05, 4.69) is 187 Å². The molecule has 0 atom stereocenters. The van der Waals surface area contributed by atoms with Crippen LogP contribution < -0.4 is 0 Å². The van der Waals surface area contributed by atoms with E-state index in [0.717, 1.165) is 55.6 Å². The fourth-order valence-corrected chi connectivity index (χ4v) is 10.3. The van der Waals surface area contributed by atoms with E-state index in [-0.39, 0.29) is 0 Å². The van der Waals surface area contributed by atoms with Crippen LogP contribution in [0.5, 0.6) is 0 Å². The van der Waals surface area contributed by atoms with Crippen LogP contribution >= 0.6 is 0 Å². The molecule has 0 fully saturated rings. The SMILES string of the molecule is [C-]#[N+]c1cc(-c2ccc(-c3cccc4c3ccc3ccccc34)cc2)cc(-c2ccccc2-c2ccccc2-c2nc(-c3ccccc3)nc(-c3ccc4c(c3)-c3cccc5cccc-4c35)n2)c1. The zero-order chi connectivity index (χ0) is 45.1. The first kappa shape index (κ1) is 39.1. The number of hydrogen-bond donors (Lipinski definition) is 0. The molecule has 1 aliphatic carbocycles. The Morgan fingerprint density at radius 2 is 0.809 bits per heavy atom. The zero-order valence-corrected chi connectivity index (χ0v) is 36.7. The van der Waals surface area contributed by atoms with Crippen LogP contribution in [0.25, 0.3) is 138 Å². The van der Waals surface area contributed by atoms with Crippen LogP contribution in [0.4, 0.5) is 5.69 Å². The molecule has 11 aromatic carbocycles. The molecule has 12 aromatic rings. The highest BCUT2D eigenvalue weighted by atomic mass is 15.0. The summed E-state index contributed by atoms with van der Waals surface area (Å²) in [7, 11) is 0. The lowest BCUT2D eigenvalue weighted by Crippen LogP contribution is -2.01. The predicted octanol–water partition coefficient (Wildman–Crippen LogP) is 17.2. The molecule has 0 saturated carbocycles. The maximum atomic E-state index is 8.19. The Hall–Kier alpha value is -9.30. The van der Waals surface area contributed by atoms with Crippen LogP contribution in [-0.2, 0) is 0 Å². The maximum Gasteiger partial charge on any atom is 0.188 e. The Bertz CT molecular complexity index is 4030. The van der Waals surface area contributed by atoms with Gasteiger partial charge in [0.05, 0.1) is 6.57 Å². The minimum absolute atomic E-state index is 0.578. The minimum Gasteiger partial charge on any atom is -0.238 e. The van der Waals surface area contributed by atoms with Gasteiger partial charge in [-0.3, -0.25) is 0 Å². The zero-order valence-electron chi connectivity index (χ0n) is 36.7. The Morgan fingerprint density at radius 1 is 0.265 bits per heavy atom. The quantitative estimate of drug-likeness (QED) is 0.118. The Balaban J connectivity index is 0.904. The van der Waals surface area contributed by atoms with E-state index >= 15 is 0 Å². The van der Waals surface area contributed by atoms with Crippen molar-refractivity contribution in [3.63, 3.8) is 0 Å². The monoisotopic (exact) mass is 862 g/mol. The summed E-state index contributed by atoms with van der Waals surface area (Å²) in [6.07, 6.45) is 0. The summed E-state index contributed by atoms with van der Waals surface area (Å²) in [6.45, 7) is 8.19. The van der Waals surface area contributed by atoms with Gasteiger partial charge in [-0.15, -0.1) is 0 Å². The second-order valence-electron chi connectivity index (χ2n) is 17.4. The Morgan fingerprint density at radius 3 is 1.60 bits per heavy atom. The van der Waals surface area contributed by atoms with Crippen LogP contribution in [0.2, 0.25) is 0 Å². The molecule has 0 radical (unpaired) electrons. The molecule has 314 valence electrons. The molecular weight excluding hydrogens is 825 g/mol. The number of fused-ring (bicyclic) bond motifs is 6. The average Bonchev–Trinajstić information content (AvgIpc) is 3.74. The van der Waals surface area contributed by atoms with E-state index in [1.54, 1.807) is 0 Å². The molecule has 0 bridgehead atoms. The highest BCUT2D eigenvalue weighted by Gasteiger charge is 2.23. The predicted molar refractivity (Wildman–Crippen MR) is 281 cm³/mol. The van der Waals surface area contributed by atoms with Crippen molar-refractivity contribution in [2.45, 2.75) is 0 Å². The van der Waals surface area contributed by atoms with Crippen molar-refractivity contribution in [3.8, 4) is 101 Å². The van der Waals surface area contributed by atoms with Gasteiger partial charge in [0.15, 0.2) is 23.2 Å². The molecule has 68 heavy (non-hydrogen) atoms. The van der Waals surface area contributed by atoms with Crippen molar-refractivity contribution in [1.29, 1.82) is 0 Å². The first-order chi connectivity index (χ1) is 33.6. The highest BCUT2D eigenvalue weighted by Crippen LogP contribution is 2.48. The van der Waals surface area contributed by atoms with Gasteiger partial charge >= 0.3 is 0 Å². The van der Waals surface area contributed by atoms with Gasteiger partial charge in [-0.05, 0) is 123 Å². The number of nitrogens with zero attached hydrogens (tertiary/aromatic N) is 4. The summed E-state index contributed by atoms with van der Waals surface area (Å²) < 4.78 is 0. The van der Waals surface area contributed by atoms with Gasteiger partial charge in [0.25, 0.3) is 0 Å². The van der Waals surface area contributed by atoms with Gasteiger partial charge in [-0.2, -0.15) is 0 Å². The first-order valence-corrected chi connectivity index (χ1v) is 22.9. The number of hydrogen-bond acceptors (Lipinski definition) is 3. The molecule has 0 aliphatic heterocycles. The van der Waals surface area contributed by atoms with E-state index < -0.39 is 0 Å². The average molecular weight is 863 g/mol. The van der Waals surface area contributed by atoms with Crippen molar-refractivity contribution in [2.75, 3.05) is 0 Å². The molecule has 4 nitrogen and oxygen atoms in total. The van der Waals surface area contributed by atoms with Gasteiger partial charge in [-0.1, -0.05) is 206 Å². The molecule has 0 saturated heterocycles. The second kappa shape index (κ2) is 16.0. The van der Waals surface area contributed by atoms with Gasteiger partial charge in [0, 0.05) is 16.7 Å². The molecule has 4 heteroatoms. The molecule has 0 N–H and O–H groups in total. The standard InChI is InChI=1S/C64H38N4/c1-65-48-37-46(40-28-30-42(31-29-40)50-24-13-25-53-49-19-6-5-14-41(49)32-34-55(50)53)36-47(38-48)51-20-7-8-21-52(51)54-22-9-10-23-59(54)64-67-62(44-15-3-2-4-16-44)66-63(68-64)45-33-35-56-57-26-11-17-43-18-12-27-58(61(43)57)60(56)39-45/h2-39H. The lowest BCUT2D eigenvalue weighted by molar-refractivity contribution is 1.07. The van der Waals surface area contributed by atoms with Gasteiger partial charge in [0.1, 0.15) is 0 Å². The third-order valence-corrected chi connectivity index (χ3v) is 13.5. The van der Waals surface area contributed by atoms with Crippen molar-refractivity contribution in [2.24, 2.45) is 0 Å². The maximum absolute atomic E-state index is 8.19. The van der Waals surface area contributed by atoms with Crippen LogP contribution in [0.3, 0.4) is 0 Å². The molecule has 0 spiro atoms. The molecular formula is C64H38N4. The molecule has 0 unspecified atom stereocenters. The molecule has 1 aromatic heterocycles. The fraction of sp³-hybridized carbons (Fsp3) is 0. The van der Waals surface area contributed by atoms with E-state index in [9.17, 15) is 0 Å². The summed E-state index contributed by atoms with van der Waals surface area (Å²) in [6, 6.07) is 81.0. The van der Waals surface area contributed by atoms with Crippen molar-refractivity contribution in [1.82, 2.24) is 15.0 Å². The molecule has 1 aliphatic rings. The lowest BCUT2D eigenvalue weighted by atomic mass is 9.89. The van der Waals surface area contributed by atoms with Crippen molar-refractivity contribution >= 4 is 38.0 Å². The van der Waals surface area contributed by atoms with E-state index in [4.69, 9.17) is 21.5 Å². The van der Waals surface area contributed by atoms with E-state index in [1.165, 1.54) is 60.1 Å². The van der Waals surface area contributed by atoms with Crippen LogP contribution in [0, 0.1) is 6.57 Å². The minimum atomic E-state index is 0.578. The number of rotatable bonds is 7. The molecule has 13 rings (SSSR count). The summed E-state index contributed by atoms with van der Waals surface area (Å²) in [5, 5.41) is 7.49. The van der Waals surface area contributed by atoms with Crippen molar-refractivity contribution in [3.05, 3.63) is 242 Å². The van der Waals surface area contributed by atoms with Crippen LogP contribution in [-0.4, -0.2) is 15.0 Å². The largest absolute Gasteiger partial charge is 0.238 e. The third-order valence-electron chi connectivity index (χ3n) is 13.5. The van der Waals surface area contributed by atoms with E-state index in [0.29, 0.717) is 23.2 Å². The van der Waals surface area contributed by atoms with Gasteiger partial charge in [0.2, 0.25) is 0 Å². The topological polar surface area (TPSA) is 43.0 Å². The van der Waals surface area contributed by atoms with Crippen LogP contribution in [0.15, 0.2) is 231 Å². The Labute approximate surface area is 394 Å². The fourth-order valence-electron chi connectivity index (χ4n) is 10.3. The second-order valence-corrected chi connectivity index (χ2v) is 17.4. The summed E-state index contributed by atoms with van der Waals surface area (Å²) in [5.41, 5.74) is 16.5. The first-order valence-electron chi connectivity index (χ1n) is 22.9. The molecule has 1 heterocycles. The lowest BCUT2D eigenvalue weighted by Gasteiger charge is -2.16. The number of benzene rings is 11. The summed E-state index contributed by atoms with van der Waals surface area (Å²) >= 11 is 0. The summed E-state index contributed by atoms with van der Waals surface area (Å²) in [4.78, 5) is 19.6. The smallest absolute Gasteiger partial charge is 0.188 e. The van der Waals surface area contributed by atoms with Crippen LogP contribution in [0.1, 0.15) is 0 Å². The number of aromatic nitrogens is 3. The molecule has 0 amide bonds. The third kappa shape index (κ3) is 6.56. The highest BCUT2D eigenvalue weighted by molar-refractivity contribution is 6.16. The van der Waals surface area contributed by atoms with E-state index in [1.807, 2.05) is 48.5 Å².